The van der Waals surface area contributed by atoms with Crippen LogP contribution >= 0.6 is 0 Å². The molecule has 2 rings (SSSR count). The molecule has 0 aromatic heterocycles. The number of rotatable bonds is 6. The van der Waals surface area contributed by atoms with Gasteiger partial charge in [-0.1, -0.05) is 0 Å². The van der Waals surface area contributed by atoms with Crippen molar-refractivity contribution in [3.63, 3.8) is 0 Å². The molecule has 6 heteroatoms. The van der Waals surface area contributed by atoms with Crippen molar-refractivity contribution in [3.8, 4) is 11.5 Å². The molecule has 120 valence electrons. The van der Waals surface area contributed by atoms with Crippen molar-refractivity contribution >= 4 is 17.5 Å². The van der Waals surface area contributed by atoms with E-state index < -0.39 is 0 Å². The normalized spacial score (nSPS) is 10.1. The number of hydrogen-bond acceptors (Lipinski definition) is 4. The smallest absolute Gasteiger partial charge is 0.251 e. The van der Waals surface area contributed by atoms with Crippen LogP contribution in [0.4, 0.5) is 5.69 Å². The highest BCUT2D eigenvalue weighted by molar-refractivity contribution is 5.94. The van der Waals surface area contributed by atoms with E-state index in [1.807, 2.05) is 0 Å². The SMILES string of the molecule is O=C(CCCNC(=O)c1ccc(O)cc1)Nc1ccc(O)cc1. The zero-order chi connectivity index (χ0) is 16.7. The Morgan fingerprint density at radius 3 is 2.04 bits per heavy atom. The summed E-state index contributed by atoms with van der Waals surface area (Å²) in [6.45, 7) is 0.378. The van der Waals surface area contributed by atoms with Crippen molar-refractivity contribution in [1.29, 1.82) is 0 Å². The molecule has 0 saturated heterocycles. The lowest BCUT2D eigenvalue weighted by Gasteiger charge is -2.07. The van der Waals surface area contributed by atoms with Crippen LogP contribution in [0.25, 0.3) is 0 Å². The number of anilines is 1. The maximum atomic E-state index is 11.8. The Kier molecular flexibility index (Phi) is 5.57. The Labute approximate surface area is 133 Å². The van der Waals surface area contributed by atoms with E-state index in [1.165, 1.54) is 36.4 Å². The molecule has 0 heterocycles. The molecule has 2 aromatic rings. The van der Waals surface area contributed by atoms with E-state index in [0.717, 1.165) is 0 Å². The Balaban J connectivity index is 1.68. The van der Waals surface area contributed by atoms with Crippen LogP contribution in [0.1, 0.15) is 23.2 Å². The lowest BCUT2D eigenvalue weighted by molar-refractivity contribution is -0.116. The summed E-state index contributed by atoms with van der Waals surface area (Å²) < 4.78 is 0. The second kappa shape index (κ2) is 7.84. The fourth-order valence-electron chi connectivity index (χ4n) is 1.93. The quantitative estimate of drug-likeness (QED) is 0.485. The van der Waals surface area contributed by atoms with Gasteiger partial charge in [-0.25, -0.2) is 0 Å². The number of nitrogens with one attached hydrogen (secondary N) is 2. The molecular formula is C17H18N2O4. The summed E-state index contributed by atoms with van der Waals surface area (Å²) in [6, 6.07) is 12.2. The Morgan fingerprint density at radius 2 is 1.43 bits per heavy atom. The lowest BCUT2D eigenvalue weighted by Crippen LogP contribution is -2.25. The first-order valence-electron chi connectivity index (χ1n) is 7.21. The molecular weight excluding hydrogens is 296 g/mol. The Hall–Kier alpha value is -3.02. The fourth-order valence-corrected chi connectivity index (χ4v) is 1.93. The van der Waals surface area contributed by atoms with Crippen molar-refractivity contribution in [3.05, 3.63) is 54.1 Å². The van der Waals surface area contributed by atoms with Gasteiger partial charge in [-0.05, 0) is 55.0 Å². The number of carbonyl (C=O) groups is 2. The van der Waals surface area contributed by atoms with Gasteiger partial charge >= 0.3 is 0 Å². The summed E-state index contributed by atoms with van der Waals surface area (Å²) in [5, 5.41) is 23.7. The molecule has 0 bridgehead atoms. The zero-order valence-corrected chi connectivity index (χ0v) is 12.5. The van der Waals surface area contributed by atoms with Crippen LogP contribution < -0.4 is 10.6 Å². The number of phenols is 2. The van der Waals surface area contributed by atoms with E-state index in [1.54, 1.807) is 12.1 Å². The minimum Gasteiger partial charge on any atom is -0.508 e. The molecule has 4 N–H and O–H groups in total. The van der Waals surface area contributed by atoms with Gasteiger partial charge in [-0.3, -0.25) is 9.59 Å². The van der Waals surface area contributed by atoms with E-state index in [4.69, 9.17) is 10.2 Å². The van der Waals surface area contributed by atoms with E-state index in [-0.39, 0.29) is 29.7 Å². The second-order valence-electron chi connectivity index (χ2n) is 5.00. The third-order valence-electron chi connectivity index (χ3n) is 3.15. The van der Waals surface area contributed by atoms with Crippen LogP contribution in [-0.4, -0.2) is 28.6 Å². The monoisotopic (exact) mass is 314 g/mol. The average molecular weight is 314 g/mol. The largest absolute Gasteiger partial charge is 0.508 e. The van der Waals surface area contributed by atoms with Crippen molar-refractivity contribution in [1.82, 2.24) is 5.32 Å². The minimum absolute atomic E-state index is 0.104. The van der Waals surface area contributed by atoms with Gasteiger partial charge in [0.25, 0.3) is 5.91 Å². The summed E-state index contributed by atoms with van der Waals surface area (Å²) in [4.78, 5) is 23.5. The van der Waals surface area contributed by atoms with Crippen molar-refractivity contribution in [2.24, 2.45) is 0 Å². The average Bonchev–Trinajstić information content (AvgIpc) is 2.54. The van der Waals surface area contributed by atoms with Crippen LogP contribution in [0.3, 0.4) is 0 Å². The molecule has 0 radical (unpaired) electrons. The van der Waals surface area contributed by atoms with Crippen LogP contribution in [0, 0.1) is 0 Å². The first kappa shape index (κ1) is 16.4. The van der Waals surface area contributed by atoms with Gasteiger partial charge in [0, 0.05) is 24.2 Å². The number of phenolic OH excluding ortho intramolecular Hbond substituents is 2. The Bertz CT molecular complexity index is 666. The highest BCUT2D eigenvalue weighted by Crippen LogP contribution is 2.14. The first-order valence-corrected chi connectivity index (χ1v) is 7.21. The molecule has 2 amide bonds. The van der Waals surface area contributed by atoms with Gasteiger partial charge in [-0.2, -0.15) is 0 Å². The molecule has 2 aromatic carbocycles. The number of hydrogen-bond donors (Lipinski definition) is 4. The minimum atomic E-state index is -0.246. The molecule has 0 spiro atoms. The second-order valence-corrected chi connectivity index (χ2v) is 5.00. The summed E-state index contributed by atoms with van der Waals surface area (Å²) >= 11 is 0. The first-order chi connectivity index (χ1) is 11.0. The summed E-state index contributed by atoms with van der Waals surface area (Å²) in [7, 11) is 0. The topological polar surface area (TPSA) is 98.7 Å². The maximum absolute atomic E-state index is 11.8. The predicted molar refractivity (Wildman–Crippen MR) is 86.4 cm³/mol. The van der Waals surface area contributed by atoms with Gasteiger partial charge < -0.3 is 20.8 Å². The third-order valence-corrected chi connectivity index (χ3v) is 3.15. The van der Waals surface area contributed by atoms with E-state index >= 15 is 0 Å². The van der Waals surface area contributed by atoms with E-state index in [2.05, 4.69) is 10.6 Å². The highest BCUT2D eigenvalue weighted by atomic mass is 16.3. The van der Waals surface area contributed by atoms with Crippen LogP contribution in [0.5, 0.6) is 11.5 Å². The van der Waals surface area contributed by atoms with Gasteiger partial charge in [0.15, 0.2) is 0 Å². The van der Waals surface area contributed by atoms with Gasteiger partial charge in [0.1, 0.15) is 11.5 Å². The number of carbonyl (C=O) groups excluding carboxylic acids is 2. The molecule has 0 atom stereocenters. The number of aromatic hydroxyl groups is 2. The molecule has 6 nitrogen and oxygen atoms in total. The molecule has 0 fully saturated rings. The molecule has 0 aliphatic rings. The summed E-state index contributed by atoms with van der Waals surface area (Å²) in [6.07, 6.45) is 0.782. The highest BCUT2D eigenvalue weighted by Gasteiger charge is 2.06. The molecule has 0 unspecified atom stereocenters. The van der Waals surface area contributed by atoms with Gasteiger partial charge in [0.2, 0.25) is 5.91 Å². The molecule has 0 aliphatic carbocycles. The number of benzene rings is 2. The summed E-state index contributed by atoms with van der Waals surface area (Å²) in [5.74, 6) is -0.161. The summed E-state index contributed by atoms with van der Waals surface area (Å²) in [5.41, 5.74) is 1.07. The number of amides is 2. The predicted octanol–water partition coefficient (Wildman–Crippen LogP) is 2.25. The zero-order valence-electron chi connectivity index (χ0n) is 12.5. The molecule has 0 saturated carbocycles. The Morgan fingerprint density at radius 1 is 0.870 bits per heavy atom. The van der Waals surface area contributed by atoms with Gasteiger partial charge in [0.05, 0.1) is 0 Å². The van der Waals surface area contributed by atoms with Gasteiger partial charge in [-0.15, -0.1) is 0 Å². The van der Waals surface area contributed by atoms with Crippen LogP contribution in [-0.2, 0) is 4.79 Å². The van der Waals surface area contributed by atoms with E-state index in [0.29, 0.717) is 24.2 Å². The molecule has 23 heavy (non-hydrogen) atoms. The van der Waals surface area contributed by atoms with Crippen LogP contribution in [0.2, 0.25) is 0 Å². The van der Waals surface area contributed by atoms with Crippen LogP contribution in [0.15, 0.2) is 48.5 Å². The van der Waals surface area contributed by atoms with Crippen molar-refractivity contribution in [2.45, 2.75) is 12.8 Å². The maximum Gasteiger partial charge on any atom is 0.251 e. The van der Waals surface area contributed by atoms with Crippen molar-refractivity contribution in [2.75, 3.05) is 11.9 Å². The third kappa shape index (κ3) is 5.35. The standard InChI is InChI=1S/C17H18N2O4/c20-14-7-3-12(4-8-14)17(23)18-11-1-2-16(22)19-13-5-9-15(21)10-6-13/h3-10,20-21H,1-2,11H2,(H,18,23)(H,19,22). The fraction of sp³-hybridized carbons (Fsp3) is 0.176. The van der Waals surface area contributed by atoms with E-state index in [9.17, 15) is 9.59 Å². The lowest BCUT2D eigenvalue weighted by atomic mass is 10.2. The van der Waals surface area contributed by atoms with Crippen molar-refractivity contribution < 1.29 is 19.8 Å². The molecule has 0 aliphatic heterocycles.